The molecule has 10 aromatic carbocycles. The minimum Gasteiger partial charge on any atom is -0.436 e. The van der Waals surface area contributed by atoms with Crippen molar-refractivity contribution in [2.24, 2.45) is 0 Å². The van der Waals surface area contributed by atoms with Gasteiger partial charge in [-0.3, -0.25) is 4.57 Å². The van der Waals surface area contributed by atoms with Crippen molar-refractivity contribution in [3.63, 3.8) is 0 Å². The summed E-state index contributed by atoms with van der Waals surface area (Å²) in [5.41, 5.74) is 9.12. The first-order valence-electron chi connectivity index (χ1n) is 21.3. The van der Waals surface area contributed by atoms with E-state index in [1.807, 2.05) is 42.5 Å². The molecule has 0 fully saturated rings. The van der Waals surface area contributed by atoms with Crippen molar-refractivity contribution in [2.45, 2.75) is 0 Å². The smallest absolute Gasteiger partial charge is 0.227 e. The molecule has 0 N–H and O–H groups in total. The van der Waals surface area contributed by atoms with E-state index >= 15 is 0 Å². The average molecular weight is 819 g/mol. The molecular weight excluding hydrogens is 785 g/mol. The highest BCUT2D eigenvalue weighted by atomic mass is 16.3. The third kappa shape index (κ3) is 5.86. The molecule has 0 aliphatic carbocycles. The minimum atomic E-state index is 0.587. The maximum absolute atomic E-state index is 6.08. The Morgan fingerprint density at radius 3 is 1.45 bits per heavy atom. The van der Waals surface area contributed by atoms with Crippen LogP contribution in [0.2, 0.25) is 0 Å². The van der Waals surface area contributed by atoms with Gasteiger partial charge in [0.1, 0.15) is 11.3 Å². The van der Waals surface area contributed by atoms with Crippen LogP contribution in [0.5, 0.6) is 0 Å². The van der Waals surface area contributed by atoms with Crippen LogP contribution < -0.4 is 0 Å². The summed E-state index contributed by atoms with van der Waals surface area (Å²) in [4.78, 5) is 25.8. The lowest BCUT2D eigenvalue weighted by atomic mass is 9.96. The van der Waals surface area contributed by atoms with Crippen molar-refractivity contribution in [1.29, 1.82) is 0 Å². The van der Waals surface area contributed by atoms with E-state index in [1.165, 1.54) is 10.8 Å². The lowest BCUT2D eigenvalue weighted by Crippen LogP contribution is -2.02. The van der Waals surface area contributed by atoms with Gasteiger partial charge in [-0.25, -0.2) is 24.9 Å². The van der Waals surface area contributed by atoms with Gasteiger partial charge in [0.05, 0.1) is 11.0 Å². The molecule has 0 bridgehead atoms. The van der Waals surface area contributed by atoms with Gasteiger partial charge in [0.15, 0.2) is 23.1 Å². The van der Waals surface area contributed by atoms with Gasteiger partial charge in [0.25, 0.3) is 0 Å². The summed E-state index contributed by atoms with van der Waals surface area (Å²) in [6.45, 7) is 0. The maximum Gasteiger partial charge on any atom is 0.227 e. The summed E-state index contributed by atoms with van der Waals surface area (Å²) >= 11 is 0. The second-order valence-electron chi connectivity index (χ2n) is 16.1. The first kappa shape index (κ1) is 35.9. The van der Waals surface area contributed by atoms with E-state index in [0.29, 0.717) is 23.4 Å². The largest absolute Gasteiger partial charge is 0.436 e. The molecule has 7 heteroatoms. The van der Waals surface area contributed by atoms with Crippen molar-refractivity contribution in [3.8, 4) is 62.7 Å². The molecule has 0 unspecified atom stereocenters. The van der Waals surface area contributed by atoms with Gasteiger partial charge in [-0.15, -0.1) is 0 Å². The molecule has 0 saturated heterocycles. The summed E-state index contributed by atoms with van der Waals surface area (Å²) in [5.74, 6) is 3.24. The van der Waals surface area contributed by atoms with Crippen LogP contribution in [0, 0.1) is 0 Å². The highest BCUT2D eigenvalue weighted by molar-refractivity contribution is 6.15. The highest BCUT2D eigenvalue weighted by Crippen LogP contribution is 2.39. The molecule has 0 aliphatic heterocycles. The zero-order valence-electron chi connectivity index (χ0n) is 34.2. The predicted octanol–water partition coefficient (Wildman–Crippen LogP) is 14.3. The Morgan fingerprint density at radius 2 is 0.828 bits per heavy atom. The number of oxazole rings is 1. The predicted molar refractivity (Wildman–Crippen MR) is 259 cm³/mol. The number of nitrogens with zero attached hydrogens (tertiary/aromatic N) is 6. The number of hydrogen-bond donors (Lipinski definition) is 0. The second kappa shape index (κ2) is 14.4. The quantitative estimate of drug-likeness (QED) is 0.155. The molecular formula is C57H34N6O. The molecule has 0 aliphatic rings. The van der Waals surface area contributed by atoms with Gasteiger partial charge < -0.3 is 4.42 Å². The van der Waals surface area contributed by atoms with Crippen molar-refractivity contribution < 1.29 is 4.42 Å². The van der Waals surface area contributed by atoms with E-state index in [1.54, 1.807) is 0 Å². The number of para-hydroxylation sites is 4. The Morgan fingerprint density at radius 1 is 0.344 bits per heavy atom. The van der Waals surface area contributed by atoms with Crippen LogP contribution in [0.25, 0.3) is 128 Å². The van der Waals surface area contributed by atoms with E-state index in [2.05, 4.69) is 168 Å². The van der Waals surface area contributed by atoms with Crippen LogP contribution in [0.4, 0.5) is 0 Å². The fraction of sp³-hybridized carbons (Fsp3) is 0. The van der Waals surface area contributed by atoms with E-state index in [4.69, 9.17) is 29.3 Å². The van der Waals surface area contributed by atoms with Gasteiger partial charge in [-0.05, 0) is 116 Å². The third-order valence-corrected chi connectivity index (χ3v) is 12.3. The number of hydrogen-bond acceptors (Lipinski definition) is 6. The first-order chi connectivity index (χ1) is 31.7. The number of imidazole rings is 1. The van der Waals surface area contributed by atoms with E-state index in [0.717, 1.165) is 93.8 Å². The van der Waals surface area contributed by atoms with Crippen molar-refractivity contribution in [2.75, 3.05) is 0 Å². The molecule has 7 nitrogen and oxygen atoms in total. The monoisotopic (exact) mass is 818 g/mol. The van der Waals surface area contributed by atoms with Gasteiger partial charge >= 0.3 is 0 Å². The van der Waals surface area contributed by atoms with E-state index in [9.17, 15) is 0 Å². The molecule has 0 amide bonds. The fourth-order valence-electron chi connectivity index (χ4n) is 9.22. The summed E-state index contributed by atoms with van der Waals surface area (Å²) in [6.07, 6.45) is 0. The van der Waals surface area contributed by atoms with E-state index < -0.39 is 0 Å². The standard InChI is InChI=1S/C57H34N6O/c1-3-15-41-38(13-1)33-47(45-19-7-5-17-43(41)45)54-60-53(61-55(62-54)48-34-39-14-2-4-16-42(39)44-18-6-8-20-46(44)48)35-29-31-40(32-30-35)63-51-23-11-9-21-49(51)58-56(63)36-25-27-37(28-26-36)57-59-50-22-10-12-24-52(50)64-57/h1-34H. The van der Waals surface area contributed by atoms with Crippen molar-refractivity contribution >= 4 is 65.2 Å². The first-order valence-corrected chi connectivity index (χ1v) is 21.3. The SMILES string of the molecule is c1ccc2c(c1)cc(-c1nc(-c3ccc(-n4c(-c5ccc(-c6nc7ccccc7o6)cc5)nc5ccccc54)cc3)nc(-c3cc4ccccc4c4ccccc34)n1)c1ccccc12. The van der Waals surface area contributed by atoms with Crippen LogP contribution in [0.3, 0.4) is 0 Å². The van der Waals surface area contributed by atoms with Gasteiger partial charge in [0.2, 0.25) is 5.89 Å². The Bertz CT molecular complexity index is 3790. The number of fused-ring (bicyclic) bond motifs is 8. The summed E-state index contributed by atoms with van der Waals surface area (Å²) < 4.78 is 8.29. The third-order valence-electron chi connectivity index (χ3n) is 12.3. The van der Waals surface area contributed by atoms with Gasteiger partial charge in [-0.1, -0.05) is 133 Å². The van der Waals surface area contributed by atoms with Crippen molar-refractivity contribution in [1.82, 2.24) is 29.5 Å². The molecule has 3 aromatic heterocycles. The second-order valence-corrected chi connectivity index (χ2v) is 16.1. The number of benzene rings is 10. The number of aromatic nitrogens is 6. The molecule has 0 saturated carbocycles. The molecule has 64 heavy (non-hydrogen) atoms. The van der Waals surface area contributed by atoms with Crippen LogP contribution in [-0.4, -0.2) is 29.5 Å². The molecule has 13 aromatic rings. The highest BCUT2D eigenvalue weighted by Gasteiger charge is 2.20. The molecule has 13 rings (SSSR count). The van der Waals surface area contributed by atoms with Gasteiger partial charge in [-0.2, -0.15) is 0 Å². The maximum atomic E-state index is 6.08. The van der Waals surface area contributed by atoms with E-state index in [-0.39, 0.29) is 0 Å². The lowest BCUT2D eigenvalue weighted by molar-refractivity contribution is 0.620. The lowest BCUT2D eigenvalue weighted by Gasteiger charge is -2.14. The summed E-state index contributed by atoms with van der Waals surface area (Å²) in [7, 11) is 0. The number of rotatable bonds is 6. The molecule has 3 heterocycles. The summed E-state index contributed by atoms with van der Waals surface area (Å²) in [5, 5.41) is 9.13. The fourth-order valence-corrected chi connectivity index (χ4v) is 9.22. The Kier molecular flexibility index (Phi) is 8.08. The van der Waals surface area contributed by atoms with Crippen LogP contribution in [0.15, 0.2) is 211 Å². The Balaban J connectivity index is 0.967. The Hall–Kier alpha value is -8.81. The van der Waals surface area contributed by atoms with Crippen LogP contribution >= 0.6 is 0 Å². The van der Waals surface area contributed by atoms with Gasteiger partial charge in [0, 0.05) is 33.5 Å². The molecule has 298 valence electrons. The average Bonchev–Trinajstić information content (AvgIpc) is 3.99. The zero-order valence-corrected chi connectivity index (χ0v) is 34.2. The molecule has 0 spiro atoms. The topological polar surface area (TPSA) is 82.5 Å². The molecule has 0 atom stereocenters. The van der Waals surface area contributed by atoms with Crippen molar-refractivity contribution in [3.05, 3.63) is 206 Å². The molecule has 0 radical (unpaired) electrons. The minimum absolute atomic E-state index is 0.587. The van der Waals surface area contributed by atoms with Crippen LogP contribution in [-0.2, 0) is 0 Å². The van der Waals surface area contributed by atoms with Crippen LogP contribution in [0.1, 0.15) is 0 Å². The summed E-state index contributed by atoms with van der Waals surface area (Å²) in [6, 6.07) is 71.2. The zero-order chi connectivity index (χ0) is 42.1. The Labute approximate surface area is 366 Å². The normalized spacial score (nSPS) is 11.8.